The van der Waals surface area contributed by atoms with Crippen LogP contribution in [0.3, 0.4) is 0 Å². The van der Waals surface area contributed by atoms with Crippen molar-refractivity contribution in [2.45, 2.75) is 26.4 Å². The predicted molar refractivity (Wildman–Crippen MR) is 72.1 cm³/mol. The Morgan fingerprint density at radius 3 is 2.82 bits per heavy atom. The zero-order valence-electron chi connectivity index (χ0n) is 10.00. The number of nitrogens with zero attached hydrogens (tertiary/aromatic N) is 3. The first-order valence-corrected chi connectivity index (χ1v) is 6.32. The van der Waals surface area contributed by atoms with Gasteiger partial charge in [0.25, 0.3) is 0 Å². The van der Waals surface area contributed by atoms with Gasteiger partial charge in [0.1, 0.15) is 6.33 Å². The van der Waals surface area contributed by atoms with Gasteiger partial charge >= 0.3 is 0 Å². The van der Waals surface area contributed by atoms with E-state index in [1.807, 2.05) is 18.2 Å². The second kappa shape index (κ2) is 5.14. The molecule has 0 spiro atoms. The number of hydrogen-bond donors (Lipinski definition) is 1. The lowest BCUT2D eigenvalue weighted by molar-refractivity contribution is 0.680. The minimum absolute atomic E-state index is 0.379. The molecule has 2 N–H and O–H groups in total. The van der Waals surface area contributed by atoms with Crippen LogP contribution in [0.2, 0.25) is 0 Å². The van der Waals surface area contributed by atoms with Crippen molar-refractivity contribution in [3.05, 3.63) is 36.2 Å². The summed E-state index contributed by atoms with van der Waals surface area (Å²) >= 11 is 1.42. The fourth-order valence-electron chi connectivity index (χ4n) is 1.65. The third kappa shape index (κ3) is 2.94. The molecule has 0 aliphatic rings. The molecule has 1 aromatic heterocycles. The molecule has 5 heteroatoms. The van der Waals surface area contributed by atoms with Gasteiger partial charge in [-0.1, -0.05) is 12.1 Å². The summed E-state index contributed by atoms with van der Waals surface area (Å²) in [5.41, 5.74) is 7.77. The molecule has 1 heterocycles. The van der Waals surface area contributed by atoms with Crippen molar-refractivity contribution in [3.8, 4) is 0 Å². The van der Waals surface area contributed by atoms with Crippen LogP contribution in [-0.4, -0.2) is 15.4 Å². The van der Waals surface area contributed by atoms with Crippen LogP contribution in [0.25, 0.3) is 0 Å². The predicted octanol–water partition coefficient (Wildman–Crippen LogP) is 2.54. The van der Waals surface area contributed by atoms with Gasteiger partial charge in [-0.3, -0.25) is 0 Å². The molecule has 2 aromatic rings. The van der Waals surface area contributed by atoms with Gasteiger partial charge in [0.15, 0.2) is 0 Å². The molecule has 0 radical (unpaired) electrons. The van der Waals surface area contributed by atoms with Gasteiger partial charge in [-0.25, -0.2) is 4.98 Å². The largest absolute Gasteiger partial charge is 0.399 e. The fourth-order valence-corrected chi connectivity index (χ4v) is 2.32. The zero-order valence-corrected chi connectivity index (χ0v) is 10.8. The van der Waals surface area contributed by atoms with E-state index >= 15 is 0 Å². The summed E-state index contributed by atoms with van der Waals surface area (Å²) in [6.07, 6.45) is 1.59. The van der Waals surface area contributed by atoms with Gasteiger partial charge < -0.3 is 10.6 Å². The van der Waals surface area contributed by atoms with Crippen LogP contribution in [-0.2, 0) is 6.54 Å². The van der Waals surface area contributed by atoms with Crippen LogP contribution in [0.4, 0.5) is 10.8 Å². The molecule has 4 nitrogen and oxygen atoms in total. The van der Waals surface area contributed by atoms with Gasteiger partial charge in [-0.2, -0.15) is 4.37 Å². The Bertz CT molecular complexity index is 467. The van der Waals surface area contributed by atoms with E-state index in [4.69, 9.17) is 5.73 Å². The van der Waals surface area contributed by atoms with Crippen molar-refractivity contribution >= 4 is 22.4 Å². The van der Waals surface area contributed by atoms with E-state index in [1.54, 1.807) is 6.33 Å². The normalized spacial score (nSPS) is 10.8. The molecule has 0 saturated carbocycles. The Morgan fingerprint density at radius 1 is 1.41 bits per heavy atom. The third-order valence-electron chi connectivity index (χ3n) is 2.52. The molecule has 0 fully saturated rings. The number of benzene rings is 1. The lowest BCUT2D eigenvalue weighted by atomic mass is 10.2. The molecule has 0 atom stereocenters. The highest BCUT2D eigenvalue weighted by atomic mass is 32.1. The van der Waals surface area contributed by atoms with Crippen LogP contribution < -0.4 is 10.6 Å². The SMILES string of the molecule is CC(C)N(Cc1cccc(N)c1)c1ncns1. The second-order valence-corrected chi connectivity index (χ2v) is 4.95. The summed E-state index contributed by atoms with van der Waals surface area (Å²) < 4.78 is 4.05. The topological polar surface area (TPSA) is 55.0 Å². The number of anilines is 2. The molecule has 0 unspecified atom stereocenters. The smallest absolute Gasteiger partial charge is 0.205 e. The molecule has 2 rings (SSSR count). The average molecular weight is 248 g/mol. The molecule has 0 amide bonds. The monoisotopic (exact) mass is 248 g/mol. The summed E-state index contributed by atoms with van der Waals surface area (Å²) in [6.45, 7) is 5.10. The quantitative estimate of drug-likeness (QED) is 0.845. The number of rotatable bonds is 4. The fraction of sp³-hybridized carbons (Fsp3) is 0.333. The molecule has 90 valence electrons. The van der Waals surface area contributed by atoms with E-state index in [0.29, 0.717) is 6.04 Å². The summed E-state index contributed by atoms with van der Waals surface area (Å²) in [6, 6.07) is 8.32. The van der Waals surface area contributed by atoms with Gasteiger partial charge in [-0.15, -0.1) is 0 Å². The summed E-state index contributed by atoms with van der Waals surface area (Å²) in [5.74, 6) is 0. The Balaban J connectivity index is 2.19. The zero-order chi connectivity index (χ0) is 12.3. The minimum atomic E-state index is 0.379. The van der Waals surface area contributed by atoms with Gasteiger partial charge in [-0.05, 0) is 31.5 Å². The highest BCUT2D eigenvalue weighted by molar-refractivity contribution is 7.09. The van der Waals surface area contributed by atoms with Crippen LogP contribution in [0.5, 0.6) is 0 Å². The van der Waals surface area contributed by atoms with Crippen LogP contribution in [0, 0.1) is 0 Å². The third-order valence-corrected chi connectivity index (χ3v) is 3.23. The van der Waals surface area contributed by atoms with Gasteiger partial charge in [0.05, 0.1) is 0 Å². The second-order valence-electron chi connectivity index (χ2n) is 4.19. The van der Waals surface area contributed by atoms with Crippen molar-refractivity contribution < 1.29 is 0 Å². The van der Waals surface area contributed by atoms with E-state index in [1.165, 1.54) is 17.1 Å². The van der Waals surface area contributed by atoms with E-state index < -0.39 is 0 Å². The molecule has 0 bridgehead atoms. The lowest BCUT2D eigenvalue weighted by Crippen LogP contribution is -2.29. The summed E-state index contributed by atoms with van der Waals surface area (Å²) in [7, 11) is 0. The summed E-state index contributed by atoms with van der Waals surface area (Å²) in [4.78, 5) is 6.47. The Morgan fingerprint density at radius 2 is 2.24 bits per heavy atom. The van der Waals surface area contributed by atoms with E-state index in [-0.39, 0.29) is 0 Å². The Hall–Kier alpha value is -1.62. The molecule has 17 heavy (non-hydrogen) atoms. The number of aromatic nitrogens is 2. The van der Waals surface area contributed by atoms with Gasteiger partial charge in [0.2, 0.25) is 5.13 Å². The van der Waals surface area contributed by atoms with Crippen molar-refractivity contribution in [2.75, 3.05) is 10.6 Å². The minimum Gasteiger partial charge on any atom is -0.399 e. The molecule has 0 aliphatic carbocycles. The first-order chi connectivity index (χ1) is 8.16. The molecular formula is C12H16N4S. The number of hydrogen-bond acceptors (Lipinski definition) is 5. The first-order valence-electron chi connectivity index (χ1n) is 5.54. The number of nitrogens with two attached hydrogens (primary N) is 1. The number of nitrogen functional groups attached to an aromatic ring is 1. The molecule has 1 aromatic carbocycles. The highest BCUT2D eigenvalue weighted by Gasteiger charge is 2.14. The maximum Gasteiger partial charge on any atom is 0.205 e. The Labute approximate surface area is 105 Å². The maximum absolute atomic E-state index is 5.79. The standard InChI is InChI=1S/C12H16N4S/c1-9(2)16(12-14-8-15-17-12)7-10-4-3-5-11(13)6-10/h3-6,8-9H,7,13H2,1-2H3. The average Bonchev–Trinajstić information content (AvgIpc) is 2.78. The van der Waals surface area contributed by atoms with Gasteiger partial charge in [0, 0.05) is 29.8 Å². The molecule has 0 saturated heterocycles. The van der Waals surface area contributed by atoms with E-state index in [2.05, 4.69) is 34.2 Å². The summed E-state index contributed by atoms with van der Waals surface area (Å²) in [5, 5.41) is 0.947. The molecular weight excluding hydrogens is 232 g/mol. The van der Waals surface area contributed by atoms with Crippen molar-refractivity contribution in [3.63, 3.8) is 0 Å². The van der Waals surface area contributed by atoms with E-state index in [9.17, 15) is 0 Å². The first kappa shape index (κ1) is 11.9. The van der Waals surface area contributed by atoms with E-state index in [0.717, 1.165) is 17.4 Å². The van der Waals surface area contributed by atoms with Crippen LogP contribution >= 0.6 is 11.5 Å². The molecule has 0 aliphatic heterocycles. The lowest BCUT2D eigenvalue weighted by Gasteiger charge is -2.25. The van der Waals surface area contributed by atoms with Crippen molar-refractivity contribution in [1.29, 1.82) is 0 Å². The highest BCUT2D eigenvalue weighted by Crippen LogP contribution is 2.21. The van der Waals surface area contributed by atoms with Crippen LogP contribution in [0.1, 0.15) is 19.4 Å². The van der Waals surface area contributed by atoms with Crippen LogP contribution in [0.15, 0.2) is 30.6 Å². The van der Waals surface area contributed by atoms with Crippen molar-refractivity contribution in [2.24, 2.45) is 0 Å². The Kier molecular flexibility index (Phi) is 3.58. The van der Waals surface area contributed by atoms with Crippen molar-refractivity contribution in [1.82, 2.24) is 9.36 Å². The maximum atomic E-state index is 5.79.